The van der Waals surface area contributed by atoms with Crippen LogP contribution in [-0.4, -0.2) is 29.6 Å². The van der Waals surface area contributed by atoms with Gasteiger partial charge in [-0.1, -0.05) is 47.0 Å². The lowest BCUT2D eigenvalue weighted by molar-refractivity contribution is -0.110. The zero-order chi connectivity index (χ0) is 15.0. The van der Waals surface area contributed by atoms with E-state index in [-0.39, 0.29) is 29.6 Å². The summed E-state index contributed by atoms with van der Waals surface area (Å²) in [7, 11) is 0. The first-order chi connectivity index (χ1) is 8.70. The molecule has 0 atom stereocenters. The smallest absolute Gasteiger partial charge is 0.186 e. The van der Waals surface area contributed by atoms with Gasteiger partial charge >= 0.3 is 0 Å². The van der Waals surface area contributed by atoms with Crippen LogP contribution in [0.15, 0.2) is 0 Å². The van der Waals surface area contributed by atoms with Crippen LogP contribution >= 0.6 is 47.0 Å². The molecule has 0 saturated heterocycles. The van der Waals surface area contributed by atoms with Crippen molar-refractivity contribution >= 4 is 67.5 Å². The summed E-state index contributed by atoms with van der Waals surface area (Å²) in [6.07, 6.45) is 0.434. The molecule has 0 fully saturated rings. The summed E-state index contributed by atoms with van der Waals surface area (Å²) < 4.78 is -0.530. The lowest BCUT2D eigenvalue weighted by atomic mass is 10.5. The molecule has 0 N–H and O–H groups in total. The average molecular weight is 341 g/mol. The summed E-state index contributed by atoms with van der Waals surface area (Å²) in [4.78, 5) is 44.6. The highest BCUT2D eigenvalue weighted by Gasteiger charge is 2.24. The summed E-state index contributed by atoms with van der Waals surface area (Å²) in [6, 6.07) is 0. The van der Waals surface area contributed by atoms with E-state index in [9.17, 15) is 19.2 Å². The van der Waals surface area contributed by atoms with Crippen LogP contribution in [0, 0.1) is 0 Å². The second kappa shape index (κ2) is 9.90. The van der Waals surface area contributed by atoms with E-state index in [2.05, 4.69) is 0 Å². The second-order valence-corrected chi connectivity index (χ2v) is 9.65. The van der Waals surface area contributed by atoms with Gasteiger partial charge in [0.2, 0.25) is 0 Å². The zero-order valence-corrected chi connectivity index (χ0v) is 14.4. The highest BCUT2D eigenvalue weighted by atomic mass is 32.2. The molecule has 0 aliphatic rings. The molecule has 0 spiro atoms. The molecule has 0 aromatic heterocycles. The lowest BCUT2D eigenvalue weighted by Crippen LogP contribution is -2.13. The first-order valence-electron chi connectivity index (χ1n) is 5.39. The highest BCUT2D eigenvalue weighted by molar-refractivity contribution is 8.31. The summed E-state index contributed by atoms with van der Waals surface area (Å²) in [5.74, 6) is 0. The van der Waals surface area contributed by atoms with E-state index < -0.39 is 0 Å². The zero-order valence-electron chi connectivity index (χ0n) is 11.1. The fourth-order valence-electron chi connectivity index (χ4n) is 1.14. The minimum absolute atomic E-state index is 0.0850. The van der Waals surface area contributed by atoms with Crippen molar-refractivity contribution in [2.24, 2.45) is 0 Å². The normalized spacial score (nSPS) is 10.8. The quantitative estimate of drug-likeness (QED) is 0.683. The van der Waals surface area contributed by atoms with E-state index in [0.29, 0.717) is 6.42 Å². The Morgan fingerprint density at radius 3 is 1.00 bits per heavy atom. The molecular formula is C11H16O4S4. The van der Waals surface area contributed by atoms with Gasteiger partial charge in [0.15, 0.2) is 20.5 Å². The van der Waals surface area contributed by atoms with E-state index in [1.165, 1.54) is 27.7 Å². The maximum atomic E-state index is 11.2. The lowest BCUT2D eigenvalue weighted by Gasteiger charge is -2.18. The molecule has 0 radical (unpaired) electrons. The predicted molar refractivity (Wildman–Crippen MR) is 85.3 cm³/mol. The van der Waals surface area contributed by atoms with Gasteiger partial charge in [0, 0.05) is 27.7 Å². The second-order valence-electron chi connectivity index (χ2n) is 3.53. The summed E-state index contributed by atoms with van der Waals surface area (Å²) >= 11 is 4.26. The summed E-state index contributed by atoms with van der Waals surface area (Å²) in [5.41, 5.74) is 0. The molecule has 0 unspecified atom stereocenters. The van der Waals surface area contributed by atoms with Crippen molar-refractivity contribution in [2.45, 2.75) is 43.3 Å². The number of hydrogen-bond acceptors (Lipinski definition) is 8. The van der Waals surface area contributed by atoms with Crippen molar-refractivity contribution in [1.29, 1.82) is 0 Å². The molecule has 0 aromatic carbocycles. The maximum Gasteiger partial charge on any atom is 0.186 e. The predicted octanol–water partition coefficient (Wildman–Crippen LogP) is 3.15. The van der Waals surface area contributed by atoms with Crippen LogP contribution in [0.25, 0.3) is 0 Å². The Morgan fingerprint density at radius 2 is 0.842 bits per heavy atom. The molecule has 0 heterocycles. The molecule has 0 rings (SSSR count). The van der Waals surface area contributed by atoms with E-state index in [1.54, 1.807) is 0 Å². The van der Waals surface area contributed by atoms with Gasteiger partial charge < -0.3 is 0 Å². The minimum Gasteiger partial charge on any atom is -0.288 e. The van der Waals surface area contributed by atoms with Gasteiger partial charge in [-0.3, -0.25) is 19.2 Å². The van der Waals surface area contributed by atoms with E-state index in [1.807, 2.05) is 0 Å². The molecule has 8 heteroatoms. The largest absolute Gasteiger partial charge is 0.288 e. The molecule has 0 aromatic rings. The molecule has 0 saturated carbocycles. The fraction of sp³-hybridized carbons (Fsp3) is 0.636. The van der Waals surface area contributed by atoms with Crippen LogP contribution in [0.2, 0.25) is 0 Å². The number of hydrogen-bond donors (Lipinski definition) is 0. The van der Waals surface area contributed by atoms with Crippen LogP contribution in [0.3, 0.4) is 0 Å². The molecule has 0 bridgehead atoms. The maximum absolute atomic E-state index is 11.2. The van der Waals surface area contributed by atoms with Crippen molar-refractivity contribution in [1.82, 2.24) is 0 Å². The Hall–Kier alpha value is 0.0800. The Bertz CT molecular complexity index is 304. The van der Waals surface area contributed by atoms with E-state index in [0.717, 1.165) is 47.0 Å². The van der Waals surface area contributed by atoms with Gasteiger partial charge in [0.25, 0.3) is 0 Å². The Labute approximate surface area is 130 Å². The fourth-order valence-corrected chi connectivity index (χ4v) is 6.27. The van der Waals surface area contributed by atoms with E-state index in [4.69, 9.17) is 0 Å². The Morgan fingerprint density at radius 1 is 0.632 bits per heavy atom. The van der Waals surface area contributed by atoms with E-state index >= 15 is 0 Å². The van der Waals surface area contributed by atoms with Crippen LogP contribution in [0.4, 0.5) is 0 Å². The van der Waals surface area contributed by atoms with Crippen LogP contribution in [-0.2, 0) is 19.2 Å². The van der Waals surface area contributed by atoms with Crippen molar-refractivity contribution in [3.05, 3.63) is 0 Å². The SMILES string of the molecule is CC(=O)SC(CC(SC(C)=O)SC(C)=O)SC(C)=O. The highest BCUT2D eigenvalue weighted by Crippen LogP contribution is 2.37. The minimum atomic E-state index is -0.265. The number of carbonyl (C=O) groups is 4. The summed E-state index contributed by atoms with van der Waals surface area (Å²) in [6.45, 7) is 5.74. The van der Waals surface area contributed by atoms with Crippen LogP contribution < -0.4 is 0 Å². The van der Waals surface area contributed by atoms with Crippen molar-refractivity contribution in [3.63, 3.8) is 0 Å². The third-order valence-electron chi connectivity index (χ3n) is 1.57. The van der Waals surface area contributed by atoms with Crippen molar-refractivity contribution in [2.75, 3.05) is 0 Å². The Kier molecular flexibility index (Phi) is 9.94. The van der Waals surface area contributed by atoms with Gasteiger partial charge in [-0.15, -0.1) is 0 Å². The first-order valence-corrected chi connectivity index (χ1v) is 8.91. The topological polar surface area (TPSA) is 68.3 Å². The van der Waals surface area contributed by atoms with Crippen molar-refractivity contribution < 1.29 is 19.2 Å². The molecule has 0 aliphatic heterocycles. The van der Waals surface area contributed by atoms with Gasteiger partial charge in [-0.05, 0) is 6.42 Å². The number of thioether (sulfide) groups is 4. The van der Waals surface area contributed by atoms with Gasteiger partial charge in [-0.2, -0.15) is 0 Å². The molecular weight excluding hydrogens is 324 g/mol. The summed E-state index contributed by atoms with van der Waals surface area (Å²) in [5, 5.41) is -0.340. The van der Waals surface area contributed by atoms with Crippen molar-refractivity contribution in [3.8, 4) is 0 Å². The van der Waals surface area contributed by atoms with Crippen LogP contribution in [0.5, 0.6) is 0 Å². The van der Waals surface area contributed by atoms with Gasteiger partial charge in [0.05, 0.1) is 9.16 Å². The van der Waals surface area contributed by atoms with Gasteiger partial charge in [-0.25, -0.2) is 0 Å². The van der Waals surface area contributed by atoms with Gasteiger partial charge in [0.1, 0.15) is 0 Å². The average Bonchev–Trinajstić information content (AvgIpc) is 2.11. The molecule has 4 nitrogen and oxygen atoms in total. The molecule has 0 aliphatic carbocycles. The molecule has 108 valence electrons. The Balaban J connectivity index is 4.68. The first kappa shape index (κ1) is 19.1. The standard InChI is InChI=1S/C11H16O4S4/c1-6(12)16-10(17-7(2)13)5-11(18-8(3)14)19-9(4)15/h10-11H,5H2,1-4H3. The number of rotatable bonds is 6. The monoisotopic (exact) mass is 340 g/mol. The van der Waals surface area contributed by atoms with Crippen LogP contribution in [0.1, 0.15) is 34.1 Å². The third kappa shape index (κ3) is 11.6. The number of carbonyl (C=O) groups excluding carboxylic acids is 4. The third-order valence-corrected chi connectivity index (χ3v) is 5.88. The molecule has 0 amide bonds. The molecule has 19 heavy (non-hydrogen) atoms.